The Morgan fingerprint density at radius 1 is 1.62 bits per heavy atom. The van der Waals surface area contributed by atoms with Crippen LogP contribution in [0, 0.1) is 11.8 Å². The van der Waals surface area contributed by atoms with Crippen molar-refractivity contribution in [3.63, 3.8) is 0 Å². The van der Waals surface area contributed by atoms with E-state index in [9.17, 15) is 0 Å². The lowest BCUT2D eigenvalue weighted by atomic mass is 9.77. The highest BCUT2D eigenvalue weighted by molar-refractivity contribution is 4.85. The topological polar surface area (TPSA) is 0 Å². The van der Waals surface area contributed by atoms with Crippen LogP contribution in [0.2, 0.25) is 0 Å². The van der Waals surface area contributed by atoms with Gasteiger partial charge in [-0.15, -0.1) is 6.58 Å². The molecule has 0 spiro atoms. The maximum Gasteiger partial charge on any atom is -0.0236 e. The van der Waals surface area contributed by atoms with E-state index in [1.165, 1.54) is 19.3 Å². The summed E-state index contributed by atoms with van der Waals surface area (Å²) in [6.07, 6.45) is 6.40. The number of hydrogen-bond donors (Lipinski definition) is 0. The van der Waals surface area contributed by atoms with E-state index in [0.717, 1.165) is 11.8 Å². The predicted octanol–water partition coefficient (Wildman–Crippen LogP) is 2.61. The van der Waals surface area contributed by atoms with Crippen LogP contribution in [0.3, 0.4) is 0 Å². The molecular formula is C8H14. The lowest BCUT2D eigenvalue weighted by molar-refractivity contribution is 0.255. The molecule has 1 saturated carbocycles. The summed E-state index contributed by atoms with van der Waals surface area (Å²) >= 11 is 0. The number of allylic oxidation sites excluding steroid dienone is 1. The molecule has 0 bridgehead atoms. The lowest BCUT2D eigenvalue weighted by Gasteiger charge is -2.29. The molecule has 1 unspecified atom stereocenters. The minimum absolute atomic E-state index is 0.767. The molecule has 0 heterocycles. The van der Waals surface area contributed by atoms with Gasteiger partial charge in [-0.05, 0) is 24.7 Å². The molecule has 0 nitrogen and oxygen atoms in total. The van der Waals surface area contributed by atoms with Crippen LogP contribution >= 0.6 is 0 Å². The van der Waals surface area contributed by atoms with E-state index in [1.807, 2.05) is 0 Å². The first-order valence-electron chi connectivity index (χ1n) is 3.47. The Hall–Kier alpha value is -0.260. The molecule has 0 radical (unpaired) electrons. The molecule has 0 saturated heterocycles. The van der Waals surface area contributed by atoms with Gasteiger partial charge in [-0.3, -0.25) is 0 Å². The predicted molar refractivity (Wildman–Crippen MR) is 36.7 cm³/mol. The Kier molecular flexibility index (Phi) is 1.72. The fourth-order valence-electron chi connectivity index (χ4n) is 1.16. The minimum Gasteiger partial charge on any atom is -0.103 e. The van der Waals surface area contributed by atoms with E-state index in [2.05, 4.69) is 19.6 Å². The first kappa shape index (κ1) is 5.87. The molecule has 0 heteroatoms. The molecule has 0 amide bonds. The molecule has 1 atom stereocenters. The first-order chi connectivity index (χ1) is 3.84. The highest BCUT2D eigenvalue weighted by Crippen LogP contribution is 2.33. The Morgan fingerprint density at radius 2 is 2.25 bits per heavy atom. The number of hydrogen-bond acceptors (Lipinski definition) is 0. The van der Waals surface area contributed by atoms with Gasteiger partial charge < -0.3 is 0 Å². The quantitative estimate of drug-likeness (QED) is 0.479. The van der Waals surface area contributed by atoms with E-state index < -0.39 is 0 Å². The van der Waals surface area contributed by atoms with Crippen LogP contribution in [0.1, 0.15) is 26.2 Å². The Morgan fingerprint density at radius 3 is 2.38 bits per heavy atom. The molecule has 0 aliphatic heterocycles. The van der Waals surface area contributed by atoms with Crippen LogP contribution in [0.5, 0.6) is 0 Å². The summed E-state index contributed by atoms with van der Waals surface area (Å²) in [5.74, 6) is 1.75. The van der Waals surface area contributed by atoms with E-state index in [-0.39, 0.29) is 0 Å². The second-order valence-corrected chi connectivity index (χ2v) is 2.79. The van der Waals surface area contributed by atoms with Crippen molar-refractivity contribution in [2.45, 2.75) is 26.2 Å². The van der Waals surface area contributed by atoms with Gasteiger partial charge in [0.25, 0.3) is 0 Å². The molecule has 1 aliphatic carbocycles. The molecule has 1 rings (SSSR count). The Labute approximate surface area is 51.6 Å². The van der Waals surface area contributed by atoms with Gasteiger partial charge in [0, 0.05) is 0 Å². The van der Waals surface area contributed by atoms with Crippen LogP contribution in [0.15, 0.2) is 12.7 Å². The van der Waals surface area contributed by atoms with E-state index in [0.29, 0.717) is 0 Å². The molecule has 0 N–H and O–H groups in total. The van der Waals surface area contributed by atoms with Crippen molar-refractivity contribution < 1.29 is 0 Å². The van der Waals surface area contributed by atoms with Gasteiger partial charge >= 0.3 is 0 Å². The summed E-state index contributed by atoms with van der Waals surface area (Å²) in [6, 6.07) is 0. The van der Waals surface area contributed by atoms with Gasteiger partial charge in [0.1, 0.15) is 0 Å². The normalized spacial score (nSPS) is 24.1. The molecule has 0 aromatic rings. The summed E-state index contributed by atoms with van der Waals surface area (Å²) in [6.45, 7) is 6.02. The third-order valence-corrected chi connectivity index (χ3v) is 2.27. The molecular weight excluding hydrogens is 96.1 g/mol. The van der Waals surface area contributed by atoms with Crippen LogP contribution in [0.25, 0.3) is 0 Å². The standard InChI is InChI=1S/C8H14/c1-3-7(2)8-5-4-6-8/h3,7-8H,1,4-6H2,2H3. The monoisotopic (exact) mass is 110 g/mol. The van der Waals surface area contributed by atoms with Crippen LogP contribution in [0.4, 0.5) is 0 Å². The molecule has 46 valence electrons. The maximum absolute atomic E-state index is 3.76. The van der Waals surface area contributed by atoms with E-state index in [4.69, 9.17) is 0 Å². The smallest absolute Gasteiger partial charge is 0.0236 e. The SMILES string of the molecule is C=CC(C)C1CCC1. The third kappa shape index (κ3) is 0.936. The summed E-state index contributed by atoms with van der Waals surface area (Å²) in [7, 11) is 0. The lowest BCUT2D eigenvalue weighted by Crippen LogP contribution is -2.17. The van der Waals surface area contributed by atoms with Gasteiger partial charge in [0.15, 0.2) is 0 Å². The molecule has 1 aliphatic rings. The summed E-state index contributed by atoms with van der Waals surface area (Å²) in [5, 5.41) is 0. The largest absolute Gasteiger partial charge is 0.103 e. The maximum atomic E-state index is 3.76. The van der Waals surface area contributed by atoms with E-state index in [1.54, 1.807) is 0 Å². The fourth-order valence-corrected chi connectivity index (χ4v) is 1.16. The summed E-state index contributed by atoms with van der Waals surface area (Å²) in [5.41, 5.74) is 0. The third-order valence-electron chi connectivity index (χ3n) is 2.27. The second-order valence-electron chi connectivity index (χ2n) is 2.79. The van der Waals surface area contributed by atoms with Gasteiger partial charge in [0.05, 0.1) is 0 Å². The van der Waals surface area contributed by atoms with Crippen molar-refractivity contribution in [3.8, 4) is 0 Å². The van der Waals surface area contributed by atoms with E-state index >= 15 is 0 Å². The average molecular weight is 110 g/mol. The molecule has 0 aromatic heterocycles. The van der Waals surface area contributed by atoms with Crippen LogP contribution in [-0.4, -0.2) is 0 Å². The van der Waals surface area contributed by atoms with Gasteiger partial charge in [-0.2, -0.15) is 0 Å². The van der Waals surface area contributed by atoms with Gasteiger partial charge in [-0.25, -0.2) is 0 Å². The van der Waals surface area contributed by atoms with Crippen molar-refractivity contribution in [2.24, 2.45) is 11.8 Å². The van der Waals surface area contributed by atoms with Crippen LogP contribution < -0.4 is 0 Å². The minimum atomic E-state index is 0.767. The van der Waals surface area contributed by atoms with Crippen molar-refractivity contribution in [1.29, 1.82) is 0 Å². The molecule has 8 heavy (non-hydrogen) atoms. The van der Waals surface area contributed by atoms with Gasteiger partial charge in [0.2, 0.25) is 0 Å². The zero-order valence-corrected chi connectivity index (χ0v) is 5.56. The Balaban J connectivity index is 2.22. The highest BCUT2D eigenvalue weighted by Gasteiger charge is 2.20. The first-order valence-corrected chi connectivity index (χ1v) is 3.47. The fraction of sp³-hybridized carbons (Fsp3) is 0.750. The Bertz CT molecular complexity index is 80.0. The van der Waals surface area contributed by atoms with Crippen LogP contribution in [-0.2, 0) is 0 Å². The second kappa shape index (κ2) is 2.34. The highest BCUT2D eigenvalue weighted by atomic mass is 14.3. The van der Waals surface area contributed by atoms with Crippen molar-refractivity contribution in [2.75, 3.05) is 0 Å². The number of rotatable bonds is 2. The zero-order valence-electron chi connectivity index (χ0n) is 5.56. The molecule has 1 fully saturated rings. The van der Waals surface area contributed by atoms with Crippen molar-refractivity contribution in [3.05, 3.63) is 12.7 Å². The summed E-state index contributed by atoms with van der Waals surface area (Å²) < 4.78 is 0. The average Bonchev–Trinajstić information content (AvgIpc) is 1.62. The summed E-state index contributed by atoms with van der Waals surface area (Å²) in [4.78, 5) is 0. The van der Waals surface area contributed by atoms with Gasteiger partial charge in [-0.1, -0.05) is 19.4 Å². The van der Waals surface area contributed by atoms with Crippen molar-refractivity contribution >= 4 is 0 Å². The van der Waals surface area contributed by atoms with Crippen molar-refractivity contribution in [1.82, 2.24) is 0 Å². The zero-order chi connectivity index (χ0) is 5.98. The molecule has 0 aromatic carbocycles.